The van der Waals surface area contributed by atoms with E-state index in [0.29, 0.717) is 24.5 Å². The van der Waals surface area contributed by atoms with E-state index in [2.05, 4.69) is 17.3 Å². The van der Waals surface area contributed by atoms with E-state index < -0.39 is 11.6 Å². The molecule has 5 nitrogen and oxygen atoms in total. The van der Waals surface area contributed by atoms with Gasteiger partial charge in [0.25, 0.3) is 5.91 Å². The Balaban J connectivity index is 2.29. The Labute approximate surface area is 152 Å². The number of benzene rings is 1. The molecule has 1 aromatic heterocycles. The molecule has 1 unspecified atom stereocenters. The third-order valence-electron chi connectivity index (χ3n) is 4.12. The molecule has 26 heavy (non-hydrogen) atoms. The van der Waals surface area contributed by atoms with Crippen LogP contribution in [0, 0.1) is 17.6 Å². The highest BCUT2D eigenvalue weighted by molar-refractivity contribution is 5.93. The molecular formula is C19H25F2N3O2. The summed E-state index contributed by atoms with van der Waals surface area (Å²) in [5.41, 5.74) is 0.766. The summed E-state index contributed by atoms with van der Waals surface area (Å²) >= 11 is 0. The number of aromatic nitrogens is 2. The Morgan fingerprint density at radius 3 is 2.73 bits per heavy atom. The fourth-order valence-electron chi connectivity index (χ4n) is 2.53. The molecule has 0 radical (unpaired) electrons. The van der Waals surface area contributed by atoms with E-state index in [1.165, 1.54) is 12.1 Å². The number of halogens is 2. The highest BCUT2D eigenvalue weighted by Gasteiger charge is 2.18. The van der Waals surface area contributed by atoms with E-state index in [0.717, 1.165) is 31.4 Å². The Kier molecular flexibility index (Phi) is 7.26. The summed E-state index contributed by atoms with van der Waals surface area (Å²) in [6.45, 7) is 4.73. The molecule has 1 aromatic carbocycles. The first-order valence-electron chi connectivity index (χ1n) is 8.88. The number of nitrogens with one attached hydrogen (secondary N) is 1. The molecule has 0 aliphatic rings. The Morgan fingerprint density at radius 2 is 2.08 bits per heavy atom. The van der Waals surface area contributed by atoms with E-state index in [1.807, 2.05) is 6.92 Å². The second kappa shape index (κ2) is 9.43. The maximum Gasteiger partial charge on any atom is 0.269 e. The van der Waals surface area contributed by atoms with Gasteiger partial charge >= 0.3 is 0 Å². The number of carbonyl (C=O) groups is 1. The first-order valence-corrected chi connectivity index (χ1v) is 8.88. The highest BCUT2D eigenvalue weighted by Crippen LogP contribution is 2.23. The zero-order chi connectivity index (χ0) is 19.1. The minimum Gasteiger partial charge on any atom is -0.396 e. The molecule has 0 aliphatic heterocycles. The Hall–Kier alpha value is -2.28. The predicted molar refractivity (Wildman–Crippen MR) is 95.7 cm³/mol. The molecule has 142 valence electrons. The van der Waals surface area contributed by atoms with Crippen LogP contribution in [0.4, 0.5) is 8.78 Å². The van der Waals surface area contributed by atoms with Crippen molar-refractivity contribution in [3.05, 3.63) is 41.6 Å². The second-order valence-electron chi connectivity index (χ2n) is 6.47. The van der Waals surface area contributed by atoms with E-state index in [4.69, 9.17) is 5.11 Å². The average Bonchev–Trinajstić information content (AvgIpc) is 3.03. The van der Waals surface area contributed by atoms with Gasteiger partial charge in [-0.25, -0.2) is 8.78 Å². The van der Waals surface area contributed by atoms with Crippen LogP contribution in [0.25, 0.3) is 11.3 Å². The number of nitrogens with zero attached hydrogens (tertiary/aromatic N) is 2. The van der Waals surface area contributed by atoms with Gasteiger partial charge in [-0.3, -0.25) is 9.48 Å². The third kappa shape index (κ3) is 5.11. The average molecular weight is 365 g/mol. The van der Waals surface area contributed by atoms with E-state index in [9.17, 15) is 13.6 Å². The van der Waals surface area contributed by atoms with Gasteiger partial charge in [-0.15, -0.1) is 0 Å². The number of aryl methyl sites for hydroxylation is 1. The van der Waals surface area contributed by atoms with Gasteiger partial charge < -0.3 is 10.4 Å². The van der Waals surface area contributed by atoms with Crippen molar-refractivity contribution in [2.24, 2.45) is 5.92 Å². The van der Waals surface area contributed by atoms with Crippen molar-refractivity contribution in [1.29, 1.82) is 0 Å². The quantitative estimate of drug-likeness (QED) is 0.670. The minimum atomic E-state index is -0.718. The molecule has 1 atom stereocenters. The summed E-state index contributed by atoms with van der Waals surface area (Å²) in [4.78, 5) is 12.5. The van der Waals surface area contributed by atoms with E-state index >= 15 is 0 Å². The highest BCUT2D eigenvalue weighted by atomic mass is 19.1. The van der Waals surface area contributed by atoms with E-state index in [-0.39, 0.29) is 24.0 Å². The van der Waals surface area contributed by atoms with Crippen molar-refractivity contribution < 1.29 is 18.7 Å². The van der Waals surface area contributed by atoms with Crippen LogP contribution in [0.3, 0.4) is 0 Å². The molecule has 1 amide bonds. The lowest BCUT2D eigenvalue weighted by atomic mass is 10.1. The van der Waals surface area contributed by atoms with Gasteiger partial charge in [0.05, 0.1) is 5.69 Å². The number of unbranched alkanes of at least 4 members (excludes halogenated alkanes) is 2. The summed E-state index contributed by atoms with van der Waals surface area (Å²) in [6.07, 6.45) is 2.86. The van der Waals surface area contributed by atoms with E-state index in [1.54, 1.807) is 4.68 Å². The number of rotatable bonds is 9. The van der Waals surface area contributed by atoms with Crippen LogP contribution >= 0.6 is 0 Å². The van der Waals surface area contributed by atoms with Crippen LogP contribution in [0.2, 0.25) is 0 Å². The number of aliphatic hydroxyl groups excluding tert-OH is 1. The first kappa shape index (κ1) is 20.0. The zero-order valence-electron chi connectivity index (χ0n) is 15.1. The van der Waals surface area contributed by atoms with Gasteiger partial charge in [-0.05, 0) is 30.5 Å². The topological polar surface area (TPSA) is 67.2 Å². The van der Waals surface area contributed by atoms with Gasteiger partial charge in [-0.1, -0.05) is 26.7 Å². The van der Waals surface area contributed by atoms with Crippen LogP contribution in [-0.2, 0) is 6.54 Å². The summed E-state index contributed by atoms with van der Waals surface area (Å²) in [6, 6.07) is 4.80. The zero-order valence-corrected chi connectivity index (χ0v) is 15.1. The first-order chi connectivity index (χ1) is 12.5. The maximum absolute atomic E-state index is 14.1. The standard InChI is InChI=1S/C19H25F2N3O2/c1-3-4-5-8-24-18(19(26)22-11-13(2)12-25)10-17(23-24)15-7-6-14(20)9-16(15)21/h6-7,9-10,13,25H,3-5,8,11-12H2,1-2H3,(H,22,26). The molecular weight excluding hydrogens is 340 g/mol. The SMILES string of the molecule is CCCCCn1nc(-c2ccc(F)cc2F)cc1C(=O)NCC(C)CO. The molecule has 2 N–H and O–H groups in total. The lowest BCUT2D eigenvalue weighted by Crippen LogP contribution is -2.31. The smallest absolute Gasteiger partial charge is 0.269 e. The molecule has 0 fully saturated rings. The van der Waals surface area contributed by atoms with Crippen molar-refractivity contribution in [2.45, 2.75) is 39.7 Å². The Bertz CT molecular complexity index is 746. The molecule has 1 heterocycles. The summed E-state index contributed by atoms with van der Waals surface area (Å²) < 4.78 is 28.8. The molecule has 7 heteroatoms. The third-order valence-corrected chi connectivity index (χ3v) is 4.12. The summed E-state index contributed by atoms with van der Waals surface area (Å²) in [5.74, 6) is -1.78. The maximum atomic E-state index is 14.1. The van der Waals surface area contributed by atoms with Gasteiger partial charge in [0.15, 0.2) is 0 Å². The summed E-state index contributed by atoms with van der Waals surface area (Å²) in [5, 5.41) is 16.2. The van der Waals surface area contributed by atoms with Crippen molar-refractivity contribution in [3.63, 3.8) is 0 Å². The molecule has 0 aliphatic carbocycles. The molecule has 2 aromatic rings. The minimum absolute atomic E-state index is 0.0257. The lowest BCUT2D eigenvalue weighted by Gasteiger charge is -2.11. The normalized spacial score (nSPS) is 12.2. The van der Waals surface area contributed by atoms with Crippen LogP contribution in [-0.4, -0.2) is 33.9 Å². The van der Waals surface area contributed by atoms with Crippen LogP contribution in [0.15, 0.2) is 24.3 Å². The predicted octanol–water partition coefficient (Wildman–Crippen LogP) is 3.38. The Morgan fingerprint density at radius 1 is 1.31 bits per heavy atom. The van der Waals surface area contributed by atoms with Crippen LogP contribution in [0.1, 0.15) is 43.6 Å². The van der Waals surface area contributed by atoms with Gasteiger partial charge in [0.2, 0.25) is 0 Å². The van der Waals surface area contributed by atoms with Crippen LogP contribution in [0.5, 0.6) is 0 Å². The van der Waals surface area contributed by atoms with Crippen LogP contribution < -0.4 is 5.32 Å². The van der Waals surface area contributed by atoms with Gasteiger partial charge in [0, 0.05) is 31.3 Å². The fraction of sp³-hybridized carbons (Fsp3) is 0.474. The van der Waals surface area contributed by atoms with Crippen molar-refractivity contribution in [3.8, 4) is 11.3 Å². The van der Waals surface area contributed by atoms with Gasteiger partial charge in [-0.2, -0.15) is 5.10 Å². The number of hydrogen-bond donors (Lipinski definition) is 2. The van der Waals surface area contributed by atoms with Gasteiger partial charge in [0.1, 0.15) is 17.3 Å². The largest absolute Gasteiger partial charge is 0.396 e. The number of amides is 1. The van der Waals surface area contributed by atoms with Crippen molar-refractivity contribution in [2.75, 3.05) is 13.2 Å². The number of aliphatic hydroxyl groups is 1. The summed E-state index contributed by atoms with van der Waals surface area (Å²) in [7, 11) is 0. The van der Waals surface area contributed by atoms with Crippen molar-refractivity contribution >= 4 is 5.91 Å². The number of carbonyl (C=O) groups excluding carboxylic acids is 1. The lowest BCUT2D eigenvalue weighted by molar-refractivity contribution is 0.0931. The molecule has 2 rings (SSSR count). The van der Waals surface area contributed by atoms with Crippen molar-refractivity contribution in [1.82, 2.24) is 15.1 Å². The monoisotopic (exact) mass is 365 g/mol. The number of hydrogen-bond acceptors (Lipinski definition) is 3. The molecule has 0 spiro atoms. The molecule has 0 saturated carbocycles. The fourth-order valence-corrected chi connectivity index (χ4v) is 2.53. The molecule has 0 bridgehead atoms. The molecule has 0 saturated heterocycles. The second-order valence-corrected chi connectivity index (χ2v) is 6.47.